The Morgan fingerprint density at radius 2 is 1.89 bits per heavy atom. The van der Waals surface area contributed by atoms with E-state index < -0.39 is 0 Å². The van der Waals surface area contributed by atoms with E-state index in [1.807, 2.05) is 36.4 Å². The number of carbonyl (C=O) groups excluding carboxylic acids is 1. The maximum absolute atomic E-state index is 12.0. The van der Waals surface area contributed by atoms with E-state index in [9.17, 15) is 4.79 Å². The Bertz CT molecular complexity index is 589. The first kappa shape index (κ1) is 11.9. The number of hydrogen-bond donors (Lipinski definition) is 0. The second-order valence-electron chi connectivity index (χ2n) is 4.35. The molecule has 1 aliphatic rings. The number of pyridine rings is 1. The lowest BCUT2D eigenvalue weighted by atomic mass is 10.2. The zero-order chi connectivity index (χ0) is 13.1. The molecule has 0 radical (unpaired) electrons. The van der Waals surface area contributed by atoms with Crippen LogP contribution >= 0.6 is 0 Å². The van der Waals surface area contributed by atoms with Crippen molar-refractivity contribution in [2.75, 3.05) is 26.3 Å². The molecule has 1 fully saturated rings. The molecule has 1 aromatic heterocycles. The predicted molar refractivity (Wildman–Crippen MR) is 68.5 cm³/mol. The first-order valence-corrected chi connectivity index (χ1v) is 6.29. The van der Waals surface area contributed by atoms with Crippen LogP contribution in [0.15, 0.2) is 42.6 Å². The fourth-order valence-corrected chi connectivity index (χ4v) is 2.10. The summed E-state index contributed by atoms with van der Waals surface area (Å²) < 4.78 is 6.72. The average molecular weight is 259 g/mol. The number of hydrogen-bond acceptors (Lipinski definition) is 3. The lowest BCUT2D eigenvalue weighted by molar-refractivity contribution is -0.848. The molecular weight excluding hydrogens is 244 g/mol. The molecule has 19 heavy (non-hydrogen) atoms. The maximum Gasteiger partial charge on any atom is 0.478 e. The molecule has 0 spiro atoms. The highest BCUT2D eigenvalue weighted by Gasteiger charge is 2.23. The molecule has 98 valence electrons. The van der Waals surface area contributed by atoms with E-state index in [4.69, 9.17) is 9.57 Å². The van der Waals surface area contributed by atoms with Gasteiger partial charge in [0.25, 0.3) is 5.52 Å². The van der Waals surface area contributed by atoms with Crippen LogP contribution in [0.4, 0.5) is 4.79 Å². The van der Waals surface area contributed by atoms with Crippen molar-refractivity contribution in [3.63, 3.8) is 0 Å². The molecule has 1 aromatic carbocycles. The number of para-hydroxylation sites is 1. The molecule has 1 aliphatic heterocycles. The highest BCUT2D eigenvalue weighted by atomic mass is 16.7. The molecule has 0 N–H and O–H groups in total. The number of morpholine rings is 1. The molecule has 0 bridgehead atoms. The van der Waals surface area contributed by atoms with Gasteiger partial charge in [-0.3, -0.25) is 4.90 Å². The van der Waals surface area contributed by atoms with Gasteiger partial charge in [-0.1, -0.05) is 12.1 Å². The van der Waals surface area contributed by atoms with Crippen LogP contribution in [0.25, 0.3) is 10.9 Å². The summed E-state index contributed by atoms with van der Waals surface area (Å²) in [6.45, 7) is 2.28. The minimum atomic E-state index is -0.343. The Morgan fingerprint density at radius 1 is 1.16 bits per heavy atom. The highest BCUT2D eigenvalue weighted by Crippen LogP contribution is 2.07. The second-order valence-corrected chi connectivity index (χ2v) is 4.35. The number of ether oxygens (including phenoxy) is 1. The standard InChI is InChI=1S/C14H15N2O3/c17-14(15-8-10-18-11-9-15)19-16-7-3-5-12-4-1-2-6-13(12)16/h1-7H,8-11H2/q+1. The molecule has 0 aliphatic carbocycles. The van der Waals surface area contributed by atoms with E-state index in [0.29, 0.717) is 26.3 Å². The number of carbonyl (C=O) groups is 1. The molecular formula is C14H15N2O3+. The summed E-state index contributed by atoms with van der Waals surface area (Å²) in [5.74, 6) is 0. The molecule has 2 aromatic rings. The summed E-state index contributed by atoms with van der Waals surface area (Å²) in [5, 5.41) is 1.03. The van der Waals surface area contributed by atoms with E-state index >= 15 is 0 Å². The third kappa shape index (κ3) is 2.51. The molecule has 2 heterocycles. The van der Waals surface area contributed by atoms with Gasteiger partial charge in [-0.05, 0) is 12.1 Å². The topological polar surface area (TPSA) is 42.7 Å². The van der Waals surface area contributed by atoms with Gasteiger partial charge in [0.15, 0.2) is 0 Å². The largest absolute Gasteiger partial charge is 0.478 e. The van der Waals surface area contributed by atoms with Crippen molar-refractivity contribution in [1.29, 1.82) is 0 Å². The summed E-state index contributed by atoms with van der Waals surface area (Å²) in [5.41, 5.74) is 0.867. The number of nitrogens with zero attached hydrogens (tertiary/aromatic N) is 2. The predicted octanol–water partition coefficient (Wildman–Crippen LogP) is 1.01. The van der Waals surface area contributed by atoms with E-state index in [1.165, 1.54) is 4.73 Å². The summed E-state index contributed by atoms with van der Waals surface area (Å²) in [6.07, 6.45) is 1.39. The first-order valence-electron chi connectivity index (χ1n) is 6.29. The highest BCUT2D eigenvalue weighted by molar-refractivity contribution is 5.75. The van der Waals surface area contributed by atoms with Crippen LogP contribution in [0.3, 0.4) is 0 Å². The van der Waals surface area contributed by atoms with Crippen LogP contribution in [-0.2, 0) is 4.74 Å². The van der Waals surface area contributed by atoms with Crippen LogP contribution in [0.5, 0.6) is 0 Å². The van der Waals surface area contributed by atoms with Crippen LogP contribution in [0.1, 0.15) is 0 Å². The maximum atomic E-state index is 12.0. The average Bonchev–Trinajstić information content (AvgIpc) is 2.48. The quantitative estimate of drug-likeness (QED) is 0.718. The van der Waals surface area contributed by atoms with E-state index in [0.717, 1.165) is 10.9 Å². The smallest absolute Gasteiger partial charge is 0.378 e. The molecule has 5 heteroatoms. The minimum Gasteiger partial charge on any atom is -0.378 e. The van der Waals surface area contributed by atoms with Crippen molar-refractivity contribution in [2.24, 2.45) is 0 Å². The van der Waals surface area contributed by atoms with Gasteiger partial charge in [-0.25, -0.2) is 4.79 Å². The lowest BCUT2D eigenvalue weighted by Crippen LogP contribution is -2.53. The van der Waals surface area contributed by atoms with Crippen LogP contribution < -0.4 is 9.57 Å². The summed E-state index contributed by atoms with van der Waals surface area (Å²) in [4.78, 5) is 19.1. The van der Waals surface area contributed by atoms with Gasteiger partial charge in [0.2, 0.25) is 6.20 Å². The Balaban J connectivity index is 1.82. The molecule has 1 amide bonds. The van der Waals surface area contributed by atoms with Crippen LogP contribution in [0.2, 0.25) is 0 Å². The van der Waals surface area contributed by atoms with Crippen molar-refractivity contribution < 1.29 is 19.1 Å². The van der Waals surface area contributed by atoms with Gasteiger partial charge in [-0.2, -0.15) is 4.84 Å². The Kier molecular flexibility index (Phi) is 3.29. The fraction of sp³-hybridized carbons (Fsp3) is 0.286. The minimum absolute atomic E-state index is 0.343. The molecule has 3 rings (SSSR count). The monoisotopic (exact) mass is 259 g/mol. The Morgan fingerprint density at radius 3 is 2.74 bits per heavy atom. The number of benzene rings is 1. The summed E-state index contributed by atoms with van der Waals surface area (Å²) >= 11 is 0. The lowest BCUT2D eigenvalue weighted by Gasteiger charge is -2.23. The first-order chi connectivity index (χ1) is 9.34. The van der Waals surface area contributed by atoms with Gasteiger partial charge >= 0.3 is 6.09 Å². The van der Waals surface area contributed by atoms with E-state index in [-0.39, 0.29) is 6.09 Å². The van der Waals surface area contributed by atoms with Gasteiger partial charge in [0.1, 0.15) is 0 Å². The molecule has 0 saturated carbocycles. The fourth-order valence-electron chi connectivity index (χ4n) is 2.10. The third-order valence-electron chi connectivity index (χ3n) is 3.12. The van der Waals surface area contributed by atoms with Crippen molar-refractivity contribution in [1.82, 2.24) is 4.90 Å². The normalized spacial score (nSPS) is 15.5. The Hall–Kier alpha value is -2.14. The zero-order valence-corrected chi connectivity index (χ0v) is 10.5. The zero-order valence-electron chi connectivity index (χ0n) is 10.5. The van der Waals surface area contributed by atoms with Crippen molar-refractivity contribution in [2.45, 2.75) is 0 Å². The number of aromatic nitrogens is 1. The third-order valence-corrected chi connectivity index (χ3v) is 3.12. The van der Waals surface area contributed by atoms with Crippen molar-refractivity contribution in [3.8, 4) is 0 Å². The van der Waals surface area contributed by atoms with Crippen LogP contribution in [0, 0.1) is 0 Å². The molecule has 0 atom stereocenters. The molecule has 1 saturated heterocycles. The second kappa shape index (κ2) is 5.24. The Labute approximate surface area is 110 Å². The van der Waals surface area contributed by atoms with E-state index in [2.05, 4.69) is 0 Å². The van der Waals surface area contributed by atoms with Crippen molar-refractivity contribution >= 4 is 17.0 Å². The molecule has 0 unspecified atom stereocenters. The summed E-state index contributed by atoms with van der Waals surface area (Å²) in [6, 6.07) is 11.6. The SMILES string of the molecule is O=C(O[n+]1cccc2ccccc21)N1CCOCC1. The van der Waals surface area contributed by atoms with Gasteiger partial charge < -0.3 is 4.74 Å². The van der Waals surface area contributed by atoms with E-state index in [1.54, 1.807) is 11.1 Å². The van der Waals surface area contributed by atoms with Gasteiger partial charge in [0, 0.05) is 30.0 Å². The number of rotatable bonds is 1. The number of amides is 1. The van der Waals surface area contributed by atoms with Gasteiger partial charge in [0.05, 0.1) is 18.6 Å². The molecule has 5 nitrogen and oxygen atoms in total. The van der Waals surface area contributed by atoms with Crippen LogP contribution in [-0.4, -0.2) is 37.3 Å². The summed E-state index contributed by atoms with van der Waals surface area (Å²) in [7, 11) is 0. The van der Waals surface area contributed by atoms with Gasteiger partial charge in [-0.15, -0.1) is 0 Å². The number of fused-ring (bicyclic) bond motifs is 1. The van der Waals surface area contributed by atoms with Crippen molar-refractivity contribution in [3.05, 3.63) is 42.6 Å².